The number of fused-ring (bicyclic) bond motifs is 1. The summed E-state index contributed by atoms with van der Waals surface area (Å²) >= 11 is 1.38. The van der Waals surface area contributed by atoms with Gasteiger partial charge in [-0.3, -0.25) is 4.79 Å². The van der Waals surface area contributed by atoms with E-state index in [1.807, 2.05) is 11.4 Å². The third-order valence-corrected chi connectivity index (χ3v) is 4.57. The third-order valence-electron chi connectivity index (χ3n) is 3.70. The van der Waals surface area contributed by atoms with Gasteiger partial charge in [-0.05, 0) is 29.6 Å². The zero-order valence-electron chi connectivity index (χ0n) is 14.0. The van der Waals surface area contributed by atoms with Crippen LogP contribution >= 0.6 is 11.3 Å². The number of thiophene rings is 1. The van der Waals surface area contributed by atoms with Gasteiger partial charge in [-0.2, -0.15) is 4.52 Å². The molecule has 0 aliphatic heterocycles. The summed E-state index contributed by atoms with van der Waals surface area (Å²) in [4.78, 5) is 12.5. The second-order valence-corrected chi connectivity index (χ2v) is 6.50. The molecule has 0 saturated carbocycles. The highest BCUT2D eigenvalue weighted by atomic mass is 32.1. The van der Waals surface area contributed by atoms with Crippen LogP contribution in [0.25, 0.3) is 17.0 Å². The van der Waals surface area contributed by atoms with E-state index in [4.69, 9.17) is 4.74 Å². The molecule has 0 radical (unpaired) electrons. The Balaban J connectivity index is 1.44. The van der Waals surface area contributed by atoms with Crippen LogP contribution in [0.2, 0.25) is 0 Å². The van der Waals surface area contributed by atoms with E-state index in [2.05, 4.69) is 20.6 Å². The summed E-state index contributed by atoms with van der Waals surface area (Å²) in [5.74, 6) is 0.272. The number of hydrogen-bond donors (Lipinski definition) is 1. The number of nitrogens with zero attached hydrogens (tertiary/aromatic N) is 4. The maximum atomic E-state index is 13.5. The molecule has 9 heteroatoms. The molecular formula is C18H14FN5O2S. The number of hydrogen-bond acceptors (Lipinski definition) is 6. The maximum Gasteiger partial charge on any atom is 0.261 e. The Morgan fingerprint density at radius 2 is 2.11 bits per heavy atom. The first kappa shape index (κ1) is 17.1. The highest BCUT2D eigenvalue weighted by molar-refractivity contribution is 7.12. The van der Waals surface area contributed by atoms with E-state index in [9.17, 15) is 9.18 Å². The fraction of sp³-hybridized carbons (Fsp3) is 0.111. The number of carbonyl (C=O) groups excluding carboxylic acids is 1. The maximum absolute atomic E-state index is 13.5. The van der Waals surface area contributed by atoms with Crippen molar-refractivity contribution in [1.29, 1.82) is 0 Å². The number of rotatable bonds is 6. The predicted octanol–water partition coefficient (Wildman–Crippen LogP) is 2.80. The average Bonchev–Trinajstić information content (AvgIpc) is 3.34. The molecule has 1 amide bonds. The van der Waals surface area contributed by atoms with Crippen LogP contribution in [0.15, 0.2) is 53.9 Å². The van der Waals surface area contributed by atoms with Gasteiger partial charge in [0.25, 0.3) is 5.91 Å². The van der Waals surface area contributed by atoms with Crippen molar-refractivity contribution in [3.05, 3.63) is 64.6 Å². The molecule has 0 atom stereocenters. The fourth-order valence-corrected chi connectivity index (χ4v) is 3.11. The molecule has 0 aliphatic carbocycles. The topological polar surface area (TPSA) is 81.4 Å². The van der Waals surface area contributed by atoms with Crippen molar-refractivity contribution in [1.82, 2.24) is 25.1 Å². The lowest BCUT2D eigenvalue weighted by Gasteiger charge is -2.07. The number of nitrogens with one attached hydrogen (secondary N) is 1. The largest absolute Gasteiger partial charge is 0.475 e. The van der Waals surface area contributed by atoms with Gasteiger partial charge in [-0.1, -0.05) is 18.2 Å². The quantitative estimate of drug-likeness (QED) is 0.518. The van der Waals surface area contributed by atoms with E-state index in [0.717, 1.165) is 0 Å². The SMILES string of the molecule is O=C(NCCOc1ccc2nnc(-c3cccc(F)c3)n2n1)c1cccs1. The smallest absolute Gasteiger partial charge is 0.261 e. The van der Waals surface area contributed by atoms with Crippen LogP contribution in [0.5, 0.6) is 5.88 Å². The summed E-state index contributed by atoms with van der Waals surface area (Å²) in [6.07, 6.45) is 0. The molecule has 0 bridgehead atoms. The molecule has 4 aromatic rings. The van der Waals surface area contributed by atoms with Crippen molar-refractivity contribution in [3.63, 3.8) is 0 Å². The monoisotopic (exact) mass is 383 g/mol. The molecule has 0 unspecified atom stereocenters. The minimum atomic E-state index is -0.363. The highest BCUT2D eigenvalue weighted by Crippen LogP contribution is 2.19. The van der Waals surface area contributed by atoms with Gasteiger partial charge < -0.3 is 10.1 Å². The molecule has 1 N–H and O–H groups in total. The lowest BCUT2D eigenvalue weighted by molar-refractivity contribution is 0.0950. The van der Waals surface area contributed by atoms with Crippen molar-refractivity contribution in [2.45, 2.75) is 0 Å². The van der Waals surface area contributed by atoms with E-state index >= 15 is 0 Å². The first-order chi connectivity index (χ1) is 13.2. The molecular weight excluding hydrogens is 369 g/mol. The summed E-state index contributed by atoms with van der Waals surface area (Å²) in [7, 11) is 0. The van der Waals surface area contributed by atoms with Crippen LogP contribution in [0, 0.1) is 5.82 Å². The van der Waals surface area contributed by atoms with Crippen LogP contribution in [-0.2, 0) is 0 Å². The molecule has 3 heterocycles. The summed E-state index contributed by atoms with van der Waals surface area (Å²) in [5, 5.41) is 17.1. The van der Waals surface area contributed by atoms with Crippen LogP contribution in [0.1, 0.15) is 9.67 Å². The minimum Gasteiger partial charge on any atom is -0.475 e. The number of benzene rings is 1. The lowest BCUT2D eigenvalue weighted by atomic mass is 10.2. The van der Waals surface area contributed by atoms with Crippen molar-refractivity contribution < 1.29 is 13.9 Å². The van der Waals surface area contributed by atoms with Crippen LogP contribution in [-0.4, -0.2) is 38.9 Å². The fourth-order valence-electron chi connectivity index (χ4n) is 2.47. The first-order valence-corrected chi connectivity index (χ1v) is 9.01. The van der Waals surface area contributed by atoms with Crippen molar-refractivity contribution >= 4 is 22.9 Å². The predicted molar refractivity (Wildman–Crippen MR) is 98.3 cm³/mol. The van der Waals surface area contributed by atoms with E-state index in [-0.39, 0.29) is 18.3 Å². The number of amides is 1. The Morgan fingerprint density at radius 3 is 2.93 bits per heavy atom. The van der Waals surface area contributed by atoms with Crippen LogP contribution in [0.3, 0.4) is 0 Å². The van der Waals surface area contributed by atoms with Gasteiger partial charge in [-0.25, -0.2) is 4.39 Å². The molecule has 7 nitrogen and oxygen atoms in total. The average molecular weight is 383 g/mol. The molecule has 3 aromatic heterocycles. The summed E-state index contributed by atoms with van der Waals surface area (Å²) < 4.78 is 20.6. The molecule has 0 fully saturated rings. The minimum absolute atomic E-state index is 0.135. The van der Waals surface area contributed by atoms with Crippen LogP contribution < -0.4 is 10.1 Å². The van der Waals surface area contributed by atoms with Crippen LogP contribution in [0.4, 0.5) is 4.39 Å². The Bertz CT molecular complexity index is 1080. The van der Waals surface area contributed by atoms with Gasteiger partial charge >= 0.3 is 0 Å². The van der Waals surface area contributed by atoms with Gasteiger partial charge in [0.05, 0.1) is 11.4 Å². The van der Waals surface area contributed by atoms with E-state index in [0.29, 0.717) is 34.3 Å². The third kappa shape index (κ3) is 3.77. The standard InChI is InChI=1S/C18H14FN5O2S/c19-13-4-1-3-12(11-13)17-22-21-15-6-7-16(23-24(15)17)26-9-8-20-18(25)14-5-2-10-27-14/h1-7,10-11H,8-9H2,(H,20,25). The van der Waals surface area contributed by atoms with Gasteiger partial charge in [0.15, 0.2) is 11.5 Å². The number of ether oxygens (including phenoxy) is 1. The zero-order valence-corrected chi connectivity index (χ0v) is 14.8. The molecule has 0 aliphatic rings. The molecule has 27 heavy (non-hydrogen) atoms. The molecule has 0 spiro atoms. The molecule has 4 rings (SSSR count). The van der Waals surface area contributed by atoms with Crippen molar-refractivity contribution in [3.8, 4) is 17.3 Å². The second kappa shape index (κ2) is 7.50. The van der Waals surface area contributed by atoms with Gasteiger partial charge in [0.1, 0.15) is 12.4 Å². The number of halogens is 1. The van der Waals surface area contributed by atoms with E-state index in [1.54, 1.807) is 30.3 Å². The van der Waals surface area contributed by atoms with Gasteiger partial charge in [-0.15, -0.1) is 26.6 Å². The Hall–Kier alpha value is -3.33. The Morgan fingerprint density at radius 1 is 1.19 bits per heavy atom. The van der Waals surface area contributed by atoms with Crippen molar-refractivity contribution in [2.75, 3.05) is 13.2 Å². The second-order valence-electron chi connectivity index (χ2n) is 5.56. The summed E-state index contributed by atoms with van der Waals surface area (Å²) in [5.41, 5.74) is 1.09. The summed E-state index contributed by atoms with van der Waals surface area (Å²) in [6.45, 7) is 0.600. The summed E-state index contributed by atoms with van der Waals surface area (Å²) in [6, 6.07) is 13.0. The van der Waals surface area contributed by atoms with E-state index in [1.165, 1.54) is 28.0 Å². The number of carbonyl (C=O) groups is 1. The Kier molecular flexibility index (Phi) is 4.75. The molecule has 0 saturated heterocycles. The van der Waals surface area contributed by atoms with Crippen molar-refractivity contribution in [2.24, 2.45) is 0 Å². The lowest BCUT2D eigenvalue weighted by Crippen LogP contribution is -2.27. The normalized spacial score (nSPS) is 10.9. The first-order valence-electron chi connectivity index (χ1n) is 8.13. The Labute approximate surface area is 157 Å². The molecule has 136 valence electrons. The highest BCUT2D eigenvalue weighted by Gasteiger charge is 2.11. The zero-order chi connectivity index (χ0) is 18.6. The van der Waals surface area contributed by atoms with Gasteiger partial charge in [0.2, 0.25) is 5.88 Å². The number of aromatic nitrogens is 4. The molecule has 1 aromatic carbocycles. The van der Waals surface area contributed by atoms with E-state index < -0.39 is 0 Å². The van der Waals surface area contributed by atoms with Gasteiger partial charge in [0, 0.05) is 11.6 Å².